The van der Waals surface area contributed by atoms with Gasteiger partial charge < -0.3 is 45.1 Å². The van der Waals surface area contributed by atoms with E-state index in [1.807, 2.05) is 0 Å². The summed E-state index contributed by atoms with van der Waals surface area (Å²) in [4.78, 5) is 23.7. The Kier molecular flexibility index (Phi) is 4.63. The number of aliphatic hydroxyl groups excluding tert-OH is 2. The molecule has 0 aliphatic carbocycles. The summed E-state index contributed by atoms with van der Waals surface area (Å²) in [6, 6.07) is 0. The molecular weight excluding hydrogens is 418 g/mol. The summed E-state index contributed by atoms with van der Waals surface area (Å²) in [5.41, 5.74) is 6.61. The second-order valence-electron chi connectivity index (χ2n) is 7.74. The highest BCUT2D eigenvalue weighted by molar-refractivity contribution is 5.81. The summed E-state index contributed by atoms with van der Waals surface area (Å²) in [5, 5.41) is 40.8. The van der Waals surface area contributed by atoms with Gasteiger partial charge in [0.15, 0.2) is 23.8 Å². The monoisotopic (exact) mass is 439 g/mol. The van der Waals surface area contributed by atoms with Crippen molar-refractivity contribution >= 4 is 23.0 Å². The lowest BCUT2D eigenvalue weighted by Crippen LogP contribution is -2.72. The Morgan fingerprint density at radius 1 is 1.32 bits per heavy atom. The van der Waals surface area contributed by atoms with Crippen LogP contribution in [0.25, 0.3) is 11.2 Å². The molecule has 2 aromatic rings. The SMILES string of the molecule is CO[C@@H]1[C@@H]2O[C@]3(O)[C@@H](C[C@H]2O[C@H]1n1cnc2c(N)ncnc21)O[C@H](C(=O)O)[C@@H](O)[C@@H]3O. The number of rotatable bonds is 3. The lowest BCUT2D eigenvalue weighted by molar-refractivity contribution is -0.397. The summed E-state index contributed by atoms with van der Waals surface area (Å²) < 4.78 is 24.4. The van der Waals surface area contributed by atoms with Gasteiger partial charge in [-0.05, 0) is 0 Å². The Labute approximate surface area is 174 Å². The zero-order valence-electron chi connectivity index (χ0n) is 16.2. The van der Waals surface area contributed by atoms with Gasteiger partial charge in [-0.1, -0.05) is 0 Å². The van der Waals surface area contributed by atoms with Crippen LogP contribution < -0.4 is 5.73 Å². The molecule has 0 amide bonds. The van der Waals surface area contributed by atoms with Crippen LogP contribution in [-0.2, 0) is 23.7 Å². The van der Waals surface area contributed by atoms with E-state index >= 15 is 0 Å². The number of methoxy groups -OCH3 is 1. The Balaban J connectivity index is 1.48. The first kappa shape index (κ1) is 20.4. The van der Waals surface area contributed by atoms with E-state index in [0.717, 1.165) is 0 Å². The molecule has 5 heterocycles. The number of aliphatic carboxylic acids is 1. The highest BCUT2D eigenvalue weighted by atomic mass is 16.7. The van der Waals surface area contributed by atoms with Gasteiger partial charge in [0.25, 0.3) is 0 Å². The van der Waals surface area contributed by atoms with Crippen molar-refractivity contribution in [2.75, 3.05) is 12.8 Å². The Morgan fingerprint density at radius 2 is 2.10 bits per heavy atom. The second kappa shape index (κ2) is 7.03. The van der Waals surface area contributed by atoms with Crippen LogP contribution in [0.3, 0.4) is 0 Å². The Hall–Kier alpha value is -2.46. The first-order valence-corrected chi connectivity index (χ1v) is 9.52. The summed E-state index contributed by atoms with van der Waals surface area (Å²) in [7, 11) is 1.43. The van der Waals surface area contributed by atoms with Crippen LogP contribution in [0.15, 0.2) is 12.7 Å². The van der Waals surface area contributed by atoms with E-state index in [1.165, 1.54) is 19.8 Å². The minimum Gasteiger partial charge on any atom is -0.479 e. The molecule has 3 fully saturated rings. The maximum Gasteiger partial charge on any atom is 0.335 e. The minimum atomic E-state index is -2.36. The molecule has 0 unspecified atom stereocenters. The van der Waals surface area contributed by atoms with Crippen LogP contribution in [0.1, 0.15) is 12.6 Å². The average molecular weight is 439 g/mol. The molecule has 0 aromatic carbocycles. The normalized spacial score (nSPS) is 42.3. The largest absolute Gasteiger partial charge is 0.479 e. The van der Waals surface area contributed by atoms with Crippen molar-refractivity contribution in [2.45, 2.75) is 61.2 Å². The number of ether oxygens (including phenoxy) is 4. The molecule has 0 spiro atoms. The number of nitrogens with zero attached hydrogens (tertiary/aromatic N) is 4. The van der Waals surface area contributed by atoms with Gasteiger partial charge in [0.05, 0.1) is 12.4 Å². The number of imidazole rings is 1. The molecule has 3 saturated heterocycles. The molecule has 2 aromatic heterocycles. The van der Waals surface area contributed by atoms with Gasteiger partial charge in [-0.25, -0.2) is 19.7 Å². The van der Waals surface area contributed by atoms with Gasteiger partial charge in [-0.15, -0.1) is 0 Å². The van der Waals surface area contributed by atoms with Crippen molar-refractivity contribution in [3.05, 3.63) is 12.7 Å². The van der Waals surface area contributed by atoms with E-state index in [4.69, 9.17) is 24.7 Å². The number of aromatic nitrogens is 4. The number of hydrogen-bond acceptors (Lipinski definition) is 12. The molecule has 14 nitrogen and oxygen atoms in total. The average Bonchev–Trinajstić information content (AvgIpc) is 3.31. The number of hydrogen-bond donors (Lipinski definition) is 5. The van der Waals surface area contributed by atoms with Crippen LogP contribution in [0.2, 0.25) is 0 Å². The molecular formula is C17H21N5O9. The summed E-state index contributed by atoms with van der Waals surface area (Å²) in [6.07, 6.45) is -7.21. The zero-order valence-corrected chi connectivity index (χ0v) is 16.2. The third-order valence-corrected chi connectivity index (χ3v) is 6.06. The van der Waals surface area contributed by atoms with Crippen molar-refractivity contribution in [3.8, 4) is 0 Å². The smallest absolute Gasteiger partial charge is 0.335 e. The van der Waals surface area contributed by atoms with E-state index < -0.39 is 60.7 Å². The van der Waals surface area contributed by atoms with Gasteiger partial charge in [0.1, 0.15) is 42.4 Å². The lowest BCUT2D eigenvalue weighted by Gasteiger charge is -2.51. The number of carboxylic acid groups (broad SMARTS) is 1. The van der Waals surface area contributed by atoms with Gasteiger partial charge in [0, 0.05) is 13.5 Å². The van der Waals surface area contributed by atoms with E-state index in [-0.39, 0.29) is 12.2 Å². The number of nitrogen functional groups attached to an aromatic ring is 1. The van der Waals surface area contributed by atoms with Gasteiger partial charge in [0.2, 0.25) is 5.79 Å². The van der Waals surface area contributed by atoms with Crippen molar-refractivity contribution in [2.24, 2.45) is 0 Å². The second-order valence-corrected chi connectivity index (χ2v) is 7.74. The number of carboxylic acids is 1. The molecule has 3 aliphatic heterocycles. The zero-order chi connectivity index (χ0) is 22.1. The first-order chi connectivity index (χ1) is 14.8. The maximum atomic E-state index is 11.4. The molecule has 0 radical (unpaired) electrons. The van der Waals surface area contributed by atoms with Crippen molar-refractivity contribution in [3.63, 3.8) is 0 Å². The van der Waals surface area contributed by atoms with Crippen LogP contribution in [-0.4, -0.2) is 102 Å². The standard InChI is InChI=1S/C17H21N5O9/c1-28-11-9-5(29-15(11)22-4-21-7-13(18)19-3-20-14(7)22)2-6-17(27,31-9)12(24)8(23)10(30-6)16(25)26/h3-6,8-12,15,23-24,27H,2H2,1H3,(H,25,26)(H2,18,19,20)/t5-,6-,8-,9-,10+,11-,12+,15-,17-/m1/s1. The van der Waals surface area contributed by atoms with E-state index in [1.54, 1.807) is 4.57 Å². The third-order valence-electron chi connectivity index (χ3n) is 6.06. The summed E-state index contributed by atoms with van der Waals surface area (Å²) in [5.74, 6) is -3.64. The molecule has 168 valence electrons. The van der Waals surface area contributed by atoms with Gasteiger partial charge in [-0.3, -0.25) is 4.57 Å². The van der Waals surface area contributed by atoms with Crippen LogP contribution >= 0.6 is 0 Å². The molecule has 6 N–H and O–H groups in total. The van der Waals surface area contributed by atoms with Crippen LogP contribution in [0.4, 0.5) is 5.82 Å². The highest BCUT2D eigenvalue weighted by Crippen LogP contribution is 2.46. The van der Waals surface area contributed by atoms with Gasteiger partial charge in [-0.2, -0.15) is 0 Å². The molecule has 14 heteroatoms. The maximum absolute atomic E-state index is 11.4. The van der Waals surface area contributed by atoms with Crippen molar-refractivity contribution in [1.29, 1.82) is 0 Å². The molecule has 0 bridgehead atoms. The number of aliphatic hydroxyl groups is 3. The topological polar surface area (TPSA) is 205 Å². The predicted molar refractivity (Wildman–Crippen MR) is 97.2 cm³/mol. The quantitative estimate of drug-likeness (QED) is 0.332. The summed E-state index contributed by atoms with van der Waals surface area (Å²) in [6.45, 7) is 0. The summed E-state index contributed by atoms with van der Waals surface area (Å²) >= 11 is 0. The predicted octanol–water partition coefficient (Wildman–Crippen LogP) is -2.63. The van der Waals surface area contributed by atoms with Crippen molar-refractivity contribution in [1.82, 2.24) is 19.5 Å². The molecule has 31 heavy (non-hydrogen) atoms. The number of nitrogens with two attached hydrogens (primary N) is 1. The van der Waals surface area contributed by atoms with E-state index in [2.05, 4.69) is 15.0 Å². The first-order valence-electron chi connectivity index (χ1n) is 9.52. The number of carbonyl (C=O) groups is 1. The Morgan fingerprint density at radius 3 is 2.81 bits per heavy atom. The minimum absolute atomic E-state index is 0.0190. The van der Waals surface area contributed by atoms with Gasteiger partial charge >= 0.3 is 5.97 Å². The van der Waals surface area contributed by atoms with E-state index in [0.29, 0.717) is 11.2 Å². The van der Waals surface area contributed by atoms with Crippen LogP contribution in [0, 0.1) is 0 Å². The fraction of sp³-hybridized carbons (Fsp3) is 0.647. The van der Waals surface area contributed by atoms with Crippen molar-refractivity contribution < 1.29 is 44.2 Å². The fourth-order valence-corrected chi connectivity index (χ4v) is 4.53. The third kappa shape index (κ3) is 2.84. The molecule has 5 rings (SSSR count). The molecule has 0 saturated carbocycles. The Bertz CT molecular complexity index is 1020. The van der Waals surface area contributed by atoms with E-state index in [9.17, 15) is 25.2 Å². The van der Waals surface area contributed by atoms with Crippen LogP contribution in [0.5, 0.6) is 0 Å². The molecule has 3 aliphatic rings. The molecule has 9 atom stereocenters. The highest BCUT2D eigenvalue weighted by Gasteiger charge is 2.65. The number of anilines is 1. The fourth-order valence-electron chi connectivity index (χ4n) is 4.53. The number of fused-ring (bicyclic) bond motifs is 3. The lowest BCUT2D eigenvalue weighted by atomic mass is 9.84.